The molecule has 0 bridgehead atoms. The number of carbonyl (C=O) groups is 3. The fourth-order valence-corrected chi connectivity index (χ4v) is 10.7. The molecule has 7 N–H and O–H groups in total. The summed E-state index contributed by atoms with van der Waals surface area (Å²) in [6.07, 6.45) is -7.35. The van der Waals surface area contributed by atoms with E-state index in [0.717, 1.165) is 5.56 Å². The van der Waals surface area contributed by atoms with Crippen molar-refractivity contribution in [2.75, 3.05) is 40.8 Å². The highest BCUT2D eigenvalue weighted by molar-refractivity contribution is 5.75. The fourth-order valence-electron chi connectivity index (χ4n) is 10.7. The maximum Gasteiger partial charge on any atom is 0.311 e. The molecule has 0 unspecified atom stereocenters. The molecule has 0 spiro atoms. The third-order valence-electron chi connectivity index (χ3n) is 15.0. The van der Waals surface area contributed by atoms with Crippen LogP contribution in [-0.4, -0.2) is 195 Å². The number of ether oxygens (including phenoxy) is 6. The van der Waals surface area contributed by atoms with Crippen molar-refractivity contribution in [2.45, 2.75) is 211 Å². The summed E-state index contributed by atoms with van der Waals surface area (Å²) in [6.45, 7) is 18.2. The number of methoxy groups -OCH3 is 1. The zero-order valence-corrected chi connectivity index (χ0v) is 44.8. The van der Waals surface area contributed by atoms with Gasteiger partial charge in [-0.3, -0.25) is 29.4 Å². The minimum absolute atomic E-state index is 0.00795. The average molecular weight is 1030 g/mol. The first-order valence-corrected chi connectivity index (χ1v) is 25.4. The number of esters is 1. The number of benzene rings is 1. The highest BCUT2D eigenvalue weighted by atomic mass is 16.7. The number of cyclic esters (lactones) is 1. The Morgan fingerprint density at radius 1 is 0.986 bits per heavy atom. The Hall–Kier alpha value is -3.45. The Balaban J connectivity index is 0.00000445. The summed E-state index contributed by atoms with van der Waals surface area (Å²) in [5.41, 5.74) is -3.78. The lowest BCUT2D eigenvalue weighted by atomic mass is 9.77. The molecule has 1 amide bonds. The smallest absolute Gasteiger partial charge is 0.311 e. The first kappa shape index (κ1) is 62.8. The van der Waals surface area contributed by atoms with Crippen LogP contribution in [0.15, 0.2) is 24.3 Å². The van der Waals surface area contributed by atoms with Gasteiger partial charge in [0.15, 0.2) is 12.6 Å². The van der Waals surface area contributed by atoms with Gasteiger partial charge >= 0.3 is 5.97 Å². The van der Waals surface area contributed by atoms with Crippen LogP contribution in [0, 0.1) is 27.9 Å². The molecular weight excluding hydrogens is 941 g/mol. The van der Waals surface area contributed by atoms with Gasteiger partial charge in [0.2, 0.25) is 5.91 Å². The Morgan fingerprint density at radius 3 is 2.18 bits per heavy atom. The van der Waals surface area contributed by atoms with Crippen molar-refractivity contribution in [2.24, 2.45) is 17.8 Å². The third-order valence-corrected chi connectivity index (χ3v) is 15.0. The van der Waals surface area contributed by atoms with E-state index in [1.54, 1.807) is 60.6 Å². The van der Waals surface area contributed by atoms with Gasteiger partial charge in [-0.2, -0.15) is 0 Å². The standard InChI is InChI=1S/C50H86N4O15.CH2O2/c1-14-38-50(10,61)43(57)33(6)53(24-16-23-51-39(55)18-15-17-35-19-21-36(22-20-35)54(62)63)28-29(2)26-48(8,60)45(69-47-41(56)37(52(11)12)25-30(3)65-47)31(4)42(32(5)46(59)67-38)68-40-27-49(9,64-13)44(58)34(7)66-40;2-1-3/h19-22,29-34,37-38,40-45,47,56-58,60-61H,14-18,23-28H2,1-13H3,(H,51,55);1H,(H,2,3)/t29-,30-,31+,32-,33-,34+,37+,38-,40+,41-,42+,43-,44+,45-,47+,48-,49-,50-;/m1./s1. The number of nitrogens with zero attached hydrogens (tertiary/aromatic N) is 3. The van der Waals surface area contributed by atoms with Crippen LogP contribution in [-0.2, 0) is 49.2 Å². The van der Waals surface area contributed by atoms with Crippen LogP contribution in [0.3, 0.4) is 0 Å². The highest BCUT2D eigenvalue weighted by Gasteiger charge is 2.53. The van der Waals surface area contributed by atoms with E-state index < -0.39 is 101 Å². The molecule has 1 aromatic carbocycles. The second-order valence-electron chi connectivity index (χ2n) is 21.3. The van der Waals surface area contributed by atoms with Crippen LogP contribution in [0.1, 0.15) is 120 Å². The quantitative estimate of drug-likeness (QED) is 0.0411. The van der Waals surface area contributed by atoms with E-state index in [-0.39, 0.29) is 61.8 Å². The maximum absolute atomic E-state index is 14.5. The van der Waals surface area contributed by atoms with E-state index in [0.29, 0.717) is 45.3 Å². The van der Waals surface area contributed by atoms with Crippen LogP contribution in [0.4, 0.5) is 5.69 Å². The number of aliphatic hydroxyl groups excluding tert-OH is 3. The van der Waals surface area contributed by atoms with E-state index in [9.17, 15) is 45.2 Å². The Morgan fingerprint density at radius 2 is 1.61 bits per heavy atom. The zero-order chi connectivity index (χ0) is 54.5. The van der Waals surface area contributed by atoms with Gasteiger partial charge in [-0.25, -0.2) is 0 Å². The number of rotatable bonds is 16. The molecule has 4 rings (SSSR count). The fraction of sp³-hybridized carbons (Fsp3) is 0.824. The number of nitro groups is 1. The third kappa shape index (κ3) is 16.8. The van der Waals surface area contributed by atoms with Crippen molar-refractivity contribution in [3.8, 4) is 0 Å². The number of carbonyl (C=O) groups excluding carboxylic acids is 2. The van der Waals surface area contributed by atoms with Gasteiger partial charge in [-0.1, -0.05) is 32.9 Å². The summed E-state index contributed by atoms with van der Waals surface area (Å²) in [5, 5.41) is 80.8. The molecule has 3 saturated heterocycles. The van der Waals surface area contributed by atoms with E-state index in [2.05, 4.69) is 5.32 Å². The second-order valence-corrected chi connectivity index (χ2v) is 21.3. The van der Waals surface area contributed by atoms with Gasteiger partial charge in [0.1, 0.15) is 30.0 Å². The molecule has 72 heavy (non-hydrogen) atoms. The number of hydrogen-bond acceptors (Lipinski definition) is 18. The number of nitro benzene ring substituents is 1. The molecule has 3 heterocycles. The molecule has 21 heteroatoms. The zero-order valence-electron chi connectivity index (χ0n) is 44.8. The van der Waals surface area contributed by atoms with E-state index >= 15 is 0 Å². The molecule has 0 saturated carbocycles. The summed E-state index contributed by atoms with van der Waals surface area (Å²) < 4.78 is 38.0. The predicted octanol–water partition coefficient (Wildman–Crippen LogP) is 3.41. The summed E-state index contributed by atoms with van der Waals surface area (Å²) >= 11 is 0. The van der Waals surface area contributed by atoms with Gasteiger partial charge in [-0.15, -0.1) is 0 Å². The lowest BCUT2D eigenvalue weighted by Gasteiger charge is -2.48. The summed E-state index contributed by atoms with van der Waals surface area (Å²) in [7, 11) is 5.23. The number of carboxylic acid groups (broad SMARTS) is 1. The van der Waals surface area contributed by atoms with Crippen LogP contribution in [0.5, 0.6) is 0 Å². The Bertz CT molecular complexity index is 1840. The van der Waals surface area contributed by atoms with Gasteiger partial charge < -0.3 is 69.3 Å². The van der Waals surface area contributed by atoms with E-state index in [1.165, 1.54) is 26.2 Å². The highest BCUT2D eigenvalue weighted by Crippen LogP contribution is 2.40. The number of aliphatic hydroxyl groups is 5. The van der Waals surface area contributed by atoms with Crippen LogP contribution in [0.25, 0.3) is 0 Å². The van der Waals surface area contributed by atoms with Crippen molar-refractivity contribution < 1.29 is 78.4 Å². The van der Waals surface area contributed by atoms with Crippen LogP contribution >= 0.6 is 0 Å². The van der Waals surface area contributed by atoms with Crippen molar-refractivity contribution in [1.29, 1.82) is 0 Å². The van der Waals surface area contributed by atoms with E-state index in [1.807, 2.05) is 37.7 Å². The largest absolute Gasteiger partial charge is 0.483 e. The number of non-ortho nitro benzene ring substituents is 1. The van der Waals surface area contributed by atoms with Crippen molar-refractivity contribution >= 4 is 24.0 Å². The maximum atomic E-state index is 14.5. The number of hydrogen-bond donors (Lipinski definition) is 7. The molecule has 0 aromatic heterocycles. The Kier molecular flexibility index (Phi) is 24.4. The number of amides is 1. The van der Waals surface area contributed by atoms with E-state index in [4.69, 9.17) is 38.3 Å². The number of nitrogens with one attached hydrogen (secondary N) is 1. The van der Waals surface area contributed by atoms with Crippen molar-refractivity contribution in [3.63, 3.8) is 0 Å². The lowest BCUT2D eigenvalue weighted by Crippen LogP contribution is -2.60. The normalized spacial score (nSPS) is 38.6. The van der Waals surface area contributed by atoms with Crippen LogP contribution < -0.4 is 5.32 Å². The van der Waals surface area contributed by atoms with Gasteiger partial charge in [0.05, 0.1) is 46.5 Å². The molecule has 1 aromatic rings. The average Bonchev–Trinajstić information content (AvgIpc) is 3.31. The second kappa shape index (κ2) is 27.9. The molecule has 18 atom stereocenters. The molecule has 0 radical (unpaired) electrons. The molecule has 0 aliphatic carbocycles. The number of likely N-dealkylation sites (N-methyl/N-ethyl adjacent to an activating group) is 1. The van der Waals surface area contributed by atoms with Gasteiger partial charge in [0.25, 0.3) is 12.2 Å². The SMILES string of the molecule is CC[C@H]1OC(=O)[C@H](C)[C@@H](O[C@H]2C[C@@](C)(OC)[C@@H](O)[C@H](C)O2)[C@H](C)[C@@H](O[C@@H]2O[C@H](C)C[C@H](N(C)C)[C@H]2O)[C@](C)(O)C[C@@H](C)CN(CCCNC(=O)CCCc2ccc([N+](=O)[O-])cc2)[C@H](C)[C@@H](O)[C@]1(C)O.O=CO. The van der Waals surface area contributed by atoms with Crippen molar-refractivity contribution in [3.05, 3.63) is 39.9 Å². The molecular formula is C51H88N4O17. The summed E-state index contributed by atoms with van der Waals surface area (Å²) in [4.78, 5) is 50.3. The summed E-state index contributed by atoms with van der Waals surface area (Å²) in [6, 6.07) is 5.24. The lowest BCUT2D eigenvalue weighted by molar-refractivity contribution is -0.384. The first-order valence-electron chi connectivity index (χ1n) is 25.4. The van der Waals surface area contributed by atoms with Crippen LogP contribution in [0.2, 0.25) is 0 Å². The molecule has 3 aliphatic heterocycles. The molecule has 3 fully saturated rings. The summed E-state index contributed by atoms with van der Waals surface area (Å²) in [5.74, 6) is -3.08. The minimum atomic E-state index is -1.94. The topological polar surface area (TPSA) is 290 Å². The molecule has 21 nitrogen and oxygen atoms in total. The molecule has 3 aliphatic rings. The Labute approximate surface area is 425 Å². The van der Waals surface area contributed by atoms with Crippen molar-refractivity contribution in [1.82, 2.24) is 15.1 Å². The predicted molar refractivity (Wildman–Crippen MR) is 265 cm³/mol. The number of aryl methyl sites for hydroxylation is 1. The van der Waals surface area contributed by atoms with Gasteiger partial charge in [-0.05, 0) is 113 Å². The monoisotopic (exact) mass is 1030 g/mol. The first-order chi connectivity index (χ1) is 33.6. The minimum Gasteiger partial charge on any atom is -0.483 e. The van der Waals surface area contributed by atoms with Gasteiger partial charge in [0, 0.05) is 69.7 Å². The molecule has 414 valence electrons.